The topological polar surface area (TPSA) is 46.6 Å². The smallest absolute Gasteiger partial charge is 0.154 e. The van der Waals surface area contributed by atoms with Crippen LogP contribution < -0.4 is 4.74 Å². The standard InChI is InChI=1S/C17H23NO3S/c1-3-4-12-21-17-7-5-16(6-8-17)14-18-10-9-15(2)22(19,20)13-11-18/h1,5-8,15H,4,9-14H2,2H3/t15-/m0/s1. The molecule has 0 radical (unpaired) electrons. The van der Waals surface area contributed by atoms with Crippen LogP contribution in [-0.2, 0) is 16.4 Å². The summed E-state index contributed by atoms with van der Waals surface area (Å²) < 4.78 is 29.3. The van der Waals surface area contributed by atoms with E-state index in [0.29, 0.717) is 26.0 Å². The maximum atomic E-state index is 11.9. The summed E-state index contributed by atoms with van der Waals surface area (Å²) >= 11 is 0. The summed E-state index contributed by atoms with van der Waals surface area (Å²) in [4.78, 5) is 2.20. The van der Waals surface area contributed by atoms with E-state index in [1.165, 1.54) is 0 Å². The van der Waals surface area contributed by atoms with Crippen molar-refractivity contribution in [2.75, 3.05) is 25.4 Å². The third-order valence-electron chi connectivity index (χ3n) is 4.00. The van der Waals surface area contributed by atoms with Gasteiger partial charge in [-0.3, -0.25) is 4.90 Å². The number of benzene rings is 1. The van der Waals surface area contributed by atoms with Crippen molar-refractivity contribution in [1.82, 2.24) is 4.90 Å². The molecule has 22 heavy (non-hydrogen) atoms. The molecular formula is C17H23NO3S. The van der Waals surface area contributed by atoms with Gasteiger partial charge in [-0.15, -0.1) is 12.3 Å². The summed E-state index contributed by atoms with van der Waals surface area (Å²) in [7, 11) is -2.92. The third kappa shape index (κ3) is 4.75. The highest BCUT2D eigenvalue weighted by Gasteiger charge is 2.26. The van der Waals surface area contributed by atoms with Gasteiger partial charge in [-0.05, 0) is 37.6 Å². The number of sulfone groups is 1. The van der Waals surface area contributed by atoms with Crippen molar-refractivity contribution >= 4 is 9.84 Å². The molecule has 120 valence electrons. The van der Waals surface area contributed by atoms with E-state index in [1.807, 2.05) is 24.3 Å². The number of rotatable bonds is 5. The zero-order chi connectivity index (χ0) is 16.0. The van der Waals surface area contributed by atoms with Gasteiger partial charge < -0.3 is 4.74 Å². The molecule has 0 aromatic heterocycles. The molecule has 1 heterocycles. The van der Waals surface area contributed by atoms with E-state index in [4.69, 9.17) is 11.2 Å². The van der Waals surface area contributed by atoms with Gasteiger partial charge in [0.15, 0.2) is 9.84 Å². The van der Waals surface area contributed by atoms with Gasteiger partial charge in [-0.1, -0.05) is 12.1 Å². The predicted molar refractivity (Wildman–Crippen MR) is 88.5 cm³/mol. The Morgan fingerprint density at radius 2 is 2.05 bits per heavy atom. The Hall–Kier alpha value is -1.51. The Kier molecular flexibility index (Phi) is 5.87. The Labute approximate surface area is 133 Å². The normalized spacial score (nSPS) is 21.7. The van der Waals surface area contributed by atoms with Crippen molar-refractivity contribution < 1.29 is 13.2 Å². The van der Waals surface area contributed by atoms with Crippen molar-refractivity contribution in [3.8, 4) is 18.1 Å². The second kappa shape index (κ2) is 7.66. The maximum Gasteiger partial charge on any atom is 0.154 e. The van der Waals surface area contributed by atoms with Crippen molar-refractivity contribution in [2.24, 2.45) is 0 Å². The molecule has 1 aromatic carbocycles. The Morgan fingerprint density at radius 3 is 2.73 bits per heavy atom. The minimum atomic E-state index is -2.92. The van der Waals surface area contributed by atoms with Gasteiger partial charge in [0.2, 0.25) is 0 Å². The molecule has 1 saturated heterocycles. The molecule has 0 saturated carbocycles. The molecule has 2 rings (SSSR count). The van der Waals surface area contributed by atoms with Crippen LogP contribution in [0.1, 0.15) is 25.3 Å². The monoisotopic (exact) mass is 321 g/mol. The first kappa shape index (κ1) is 16.9. The second-order valence-corrected chi connectivity index (χ2v) is 8.23. The van der Waals surface area contributed by atoms with Gasteiger partial charge in [0.25, 0.3) is 0 Å². The van der Waals surface area contributed by atoms with Gasteiger partial charge >= 0.3 is 0 Å². The van der Waals surface area contributed by atoms with Crippen LogP contribution in [-0.4, -0.2) is 44.0 Å². The van der Waals surface area contributed by atoms with E-state index < -0.39 is 9.84 Å². The van der Waals surface area contributed by atoms with Crippen LogP contribution in [0.2, 0.25) is 0 Å². The fourth-order valence-corrected chi connectivity index (χ4v) is 3.83. The molecular weight excluding hydrogens is 298 g/mol. The number of hydrogen-bond donors (Lipinski definition) is 0. The van der Waals surface area contributed by atoms with Crippen LogP contribution in [0.4, 0.5) is 0 Å². The van der Waals surface area contributed by atoms with E-state index >= 15 is 0 Å². The molecule has 0 unspecified atom stereocenters. The highest BCUT2D eigenvalue weighted by Crippen LogP contribution is 2.17. The first-order valence-electron chi connectivity index (χ1n) is 7.60. The summed E-state index contributed by atoms with van der Waals surface area (Å²) in [5, 5.41) is -0.232. The summed E-state index contributed by atoms with van der Waals surface area (Å²) in [5.74, 6) is 3.60. The lowest BCUT2D eigenvalue weighted by atomic mass is 10.2. The summed E-state index contributed by atoms with van der Waals surface area (Å²) in [6, 6.07) is 7.91. The van der Waals surface area contributed by atoms with Crippen LogP contribution in [0, 0.1) is 12.3 Å². The number of nitrogens with zero attached hydrogens (tertiary/aromatic N) is 1. The molecule has 1 atom stereocenters. The first-order valence-corrected chi connectivity index (χ1v) is 9.32. The van der Waals surface area contributed by atoms with Crippen LogP contribution in [0.15, 0.2) is 24.3 Å². The van der Waals surface area contributed by atoms with Gasteiger partial charge in [-0.2, -0.15) is 0 Å². The first-order chi connectivity index (χ1) is 10.5. The second-order valence-electron chi connectivity index (χ2n) is 5.69. The van der Waals surface area contributed by atoms with Crippen molar-refractivity contribution in [2.45, 2.75) is 31.6 Å². The zero-order valence-corrected chi connectivity index (χ0v) is 13.8. The Balaban J connectivity index is 1.90. The molecule has 4 nitrogen and oxygen atoms in total. The average molecular weight is 321 g/mol. The van der Waals surface area contributed by atoms with Crippen molar-refractivity contribution in [1.29, 1.82) is 0 Å². The molecule has 0 spiro atoms. The average Bonchev–Trinajstić information content (AvgIpc) is 2.62. The molecule has 0 bridgehead atoms. The predicted octanol–water partition coefficient (Wildman–Crippen LogP) is 2.10. The van der Waals surface area contributed by atoms with Crippen molar-refractivity contribution in [3.05, 3.63) is 29.8 Å². The highest BCUT2D eigenvalue weighted by atomic mass is 32.2. The SMILES string of the molecule is C#CCCOc1ccc(CN2CC[C@H](C)S(=O)(=O)CC2)cc1. The summed E-state index contributed by atoms with van der Waals surface area (Å²) in [6.45, 7) is 4.53. The maximum absolute atomic E-state index is 11.9. The lowest BCUT2D eigenvalue weighted by Crippen LogP contribution is -2.26. The van der Waals surface area contributed by atoms with E-state index in [1.54, 1.807) is 6.92 Å². The Morgan fingerprint density at radius 1 is 1.32 bits per heavy atom. The van der Waals surface area contributed by atoms with E-state index in [2.05, 4.69) is 10.8 Å². The lowest BCUT2D eigenvalue weighted by molar-refractivity contribution is 0.283. The molecule has 0 N–H and O–H groups in total. The summed E-state index contributed by atoms with van der Waals surface area (Å²) in [6.07, 6.45) is 6.49. The third-order valence-corrected chi connectivity index (χ3v) is 6.22. The van der Waals surface area contributed by atoms with E-state index in [9.17, 15) is 8.42 Å². The molecule has 5 heteroatoms. The molecule has 1 aliphatic rings. The quantitative estimate of drug-likeness (QED) is 0.615. The number of ether oxygens (including phenoxy) is 1. The van der Waals surface area contributed by atoms with Gasteiger partial charge in [0.05, 0.1) is 17.6 Å². The van der Waals surface area contributed by atoms with Gasteiger partial charge in [-0.25, -0.2) is 8.42 Å². The van der Waals surface area contributed by atoms with E-state index in [0.717, 1.165) is 24.4 Å². The largest absolute Gasteiger partial charge is 0.493 e. The van der Waals surface area contributed by atoms with Crippen LogP contribution >= 0.6 is 0 Å². The molecule has 0 amide bonds. The fourth-order valence-electron chi connectivity index (χ4n) is 2.45. The lowest BCUT2D eigenvalue weighted by Gasteiger charge is -2.19. The van der Waals surface area contributed by atoms with Crippen LogP contribution in [0.5, 0.6) is 5.75 Å². The molecule has 0 aliphatic carbocycles. The Bertz CT molecular complexity index is 616. The van der Waals surface area contributed by atoms with Crippen molar-refractivity contribution in [3.63, 3.8) is 0 Å². The zero-order valence-electron chi connectivity index (χ0n) is 13.0. The molecule has 1 fully saturated rings. The number of hydrogen-bond acceptors (Lipinski definition) is 4. The van der Waals surface area contributed by atoms with Crippen LogP contribution in [0.25, 0.3) is 0 Å². The minimum absolute atomic E-state index is 0.232. The number of terminal acetylenes is 1. The fraction of sp³-hybridized carbons (Fsp3) is 0.529. The molecule has 1 aliphatic heterocycles. The van der Waals surface area contributed by atoms with Gasteiger partial charge in [0, 0.05) is 19.5 Å². The van der Waals surface area contributed by atoms with Crippen LogP contribution in [0.3, 0.4) is 0 Å². The minimum Gasteiger partial charge on any atom is -0.493 e. The summed E-state index contributed by atoms with van der Waals surface area (Å²) in [5.41, 5.74) is 1.16. The highest BCUT2D eigenvalue weighted by molar-refractivity contribution is 7.92. The van der Waals surface area contributed by atoms with Gasteiger partial charge in [0.1, 0.15) is 5.75 Å². The molecule has 1 aromatic rings. The van der Waals surface area contributed by atoms with E-state index in [-0.39, 0.29) is 11.0 Å².